The summed E-state index contributed by atoms with van der Waals surface area (Å²) >= 11 is 5.58. The van der Waals surface area contributed by atoms with E-state index < -0.39 is 17.1 Å². The van der Waals surface area contributed by atoms with Gasteiger partial charge >= 0.3 is 5.97 Å². The lowest BCUT2D eigenvalue weighted by Crippen LogP contribution is -2.31. The van der Waals surface area contributed by atoms with Gasteiger partial charge in [-0.15, -0.1) is 11.3 Å². The number of esters is 1. The van der Waals surface area contributed by atoms with Crippen LogP contribution in [0.3, 0.4) is 0 Å². The number of rotatable bonds is 9. The predicted octanol–water partition coefficient (Wildman–Crippen LogP) is 2.91. The van der Waals surface area contributed by atoms with Gasteiger partial charge in [-0.05, 0) is 49.2 Å². The fourth-order valence-corrected chi connectivity index (χ4v) is 5.60. The molecular weight excluding hydrogens is 448 g/mol. The van der Waals surface area contributed by atoms with Crippen LogP contribution in [0.5, 0.6) is 0 Å². The summed E-state index contributed by atoms with van der Waals surface area (Å²) in [5, 5.41) is 1.07. The zero-order valence-corrected chi connectivity index (χ0v) is 18.8. The summed E-state index contributed by atoms with van der Waals surface area (Å²) in [7, 11) is 1.38. The third-order valence-electron chi connectivity index (χ3n) is 4.71. The maximum atomic E-state index is 12.5. The minimum atomic E-state index is -1.66. The van der Waals surface area contributed by atoms with Gasteiger partial charge in [0.25, 0.3) is 5.91 Å². The highest BCUT2D eigenvalue weighted by atomic mass is 35.5. The maximum Gasteiger partial charge on any atom is 0.305 e. The van der Waals surface area contributed by atoms with Crippen molar-refractivity contribution in [3.8, 4) is 0 Å². The molecule has 162 valence electrons. The maximum absolute atomic E-state index is 12.5. The smallest absolute Gasteiger partial charge is 0.305 e. The molecule has 30 heavy (non-hydrogen) atoms. The monoisotopic (exact) mass is 470 g/mol. The second-order valence-electron chi connectivity index (χ2n) is 6.76. The van der Waals surface area contributed by atoms with Crippen LogP contribution in [0.15, 0.2) is 24.3 Å². The van der Waals surface area contributed by atoms with Crippen LogP contribution in [0.1, 0.15) is 33.6 Å². The highest BCUT2D eigenvalue weighted by Gasteiger charge is 2.27. The van der Waals surface area contributed by atoms with E-state index in [1.807, 2.05) is 0 Å². The number of primary amides is 1. The van der Waals surface area contributed by atoms with E-state index in [2.05, 4.69) is 19.1 Å². The first-order valence-electron chi connectivity index (χ1n) is 9.31. The van der Waals surface area contributed by atoms with Crippen LogP contribution < -0.4 is 15.2 Å². The average Bonchev–Trinajstić information content (AvgIpc) is 3.06. The van der Waals surface area contributed by atoms with Crippen molar-refractivity contribution in [2.75, 3.05) is 29.6 Å². The number of nitrogens with one attached hydrogen (secondary N) is 2. The molecule has 0 saturated heterocycles. The zero-order valence-electron chi connectivity index (χ0n) is 16.4. The van der Waals surface area contributed by atoms with Gasteiger partial charge in [-0.2, -0.15) is 0 Å². The van der Waals surface area contributed by atoms with Crippen molar-refractivity contribution in [3.05, 3.63) is 45.3 Å². The van der Waals surface area contributed by atoms with Crippen LogP contribution in [-0.4, -0.2) is 41.2 Å². The summed E-state index contributed by atoms with van der Waals surface area (Å²) in [6.45, 7) is 2.17. The van der Waals surface area contributed by atoms with Crippen LogP contribution >= 0.6 is 22.9 Å². The number of carbonyl (C=O) groups is 2. The minimum Gasteiger partial charge on any atom is -0.469 e. The molecule has 1 unspecified atom stereocenters. The molecule has 1 aliphatic rings. The zero-order chi connectivity index (χ0) is 21.7. The molecule has 1 aliphatic heterocycles. The normalized spacial score (nSPS) is 14.6. The van der Waals surface area contributed by atoms with Crippen molar-refractivity contribution in [2.24, 2.45) is 5.73 Å². The van der Waals surface area contributed by atoms with Gasteiger partial charge in [-0.25, -0.2) is 4.21 Å². The molecular formula is C19H23ClN4O4S2. The number of ether oxygens (including phenoxy) is 1. The average molecular weight is 471 g/mol. The van der Waals surface area contributed by atoms with Crippen LogP contribution in [0.4, 0.5) is 10.7 Å². The number of nitrogens with zero attached hydrogens (tertiary/aromatic N) is 1. The van der Waals surface area contributed by atoms with E-state index in [0.29, 0.717) is 47.1 Å². The van der Waals surface area contributed by atoms with Crippen LogP contribution in [0.2, 0.25) is 5.02 Å². The molecule has 0 saturated carbocycles. The van der Waals surface area contributed by atoms with Crippen molar-refractivity contribution in [3.63, 3.8) is 0 Å². The molecule has 4 N–H and O–H groups in total. The number of benzene rings is 1. The van der Waals surface area contributed by atoms with E-state index in [4.69, 9.17) is 17.3 Å². The van der Waals surface area contributed by atoms with Gasteiger partial charge in [0.2, 0.25) is 11.2 Å². The number of methoxy groups -OCH3 is 1. The first-order valence-corrected chi connectivity index (χ1v) is 11.7. The lowest BCUT2D eigenvalue weighted by Gasteiger charge is -2.26. The summed E-state index contributed by atoms with van der Waals surface area (Å²) in [4.78, 5) is 26.6. The molecule has 2 aromatic rings. The van der Waals surface area contributed by atoms with Gasteiger partial charge in [-0.3, -0.25) is 23.9 Å². The van der Waals surface area contributed by atoms with Gasteiger partial charge in [0.1, 0.15) is 5.00 Å². The molecule has 0 bridgehead atoms. The van der Waals surface area contributed by atoms with E-state index in [1.54, 1.807) is 24.3 Å². The summed E-state index contributed by atoms with van der Waals surface area (Å²) in [5.74, 6) is -0.764. The van der Waals surface area contributed by atoms with Crippen molar-refractivity contribution in [1.29, 1.82) is 0 Å². The molecule has 0 spiro atoms. The standard InChI is InChI=1S/C19H23ClN4O4S2/c1-28-16(25)3-2-9-24-10-8-14-15(11-24)29-19(17(14)18(21)26)23-30(27)22-13-6-4-12(20)5-7-13/h4-7,22-23H,2-3,8-11H2,1H3,(H2,21,26). The highest BCUT2D eigenvalue weighted by molar-refractivity contribution is 7.87. The Morgan fingerprint density at radius 2 is 2.03 bits per heavy atom. The second kappa shape index (κ2) is 10.3. The first-order chi connectivity index (χ1) is 14.4. The largest absolute Gasteiger partial charge is 0.469 e. The molecule has 8 nitrogen and oxygen atoms in total. The minimum absolute atomic E-state index is 0.220. The number of amides is 1. The van der Waals surface area contributed by atoms with Gasteiger partial charge in [0, 0.05) is 35.1 Å². The Balaban J connectivity index is 1.67. The van der Waals surface area contributed by atoms with Crippen molar-refractivity contribution in [1.82, 2.24) is 4.90 Å². The molecule has 2 heterocycles. The van der Waals surface area contributed by atoms with Crippen LogP contribution in [-0.2, 0) is 33.7 Å². The number of halogens is 1. The molecule has 0 radical (unpaired) electrons. The molecule has 0 aliphatic carbocycles. The molecule has 1 aromatic carbocycles. The fourth-order valence-electron chi connectivity index (χ4n) is 3.26. The number of thiophene rings is 1. The van der Waals surface area contributed by atoms with E-state index >= 15 is 0 Å². The Labute approximate surface area is 186 Å². The third-order valence-corrected chi connectivity index (χ3v) is 7.03. The van der Waals surface area contributed by atoms with E-state index in [9.17, 15) is 13.8 Å². The summed E-state index contributed by atoms with van der Waals surface area (Å²) in [6, 6.07) is 6.80. The van der Waals surface area contributed by atoms with Crippen molar-refractivity contribution < 1.29 is 18.5 Å². The Morgan fingerprint density at radius 1 is 1.30 bits per heavy atom. The van der Waals surface area contributed by atoms with Crippen molar-refractivity contribution >= 4 is 56.7 Å². The number of hydrogen-bond acceptors (Lipinski definition) is 6. The molecule has 3 rings (SSSR count). The summed E-state index contributed by atoms with van der Waals surface area (Å²) in [6.07, 6.45) is 1.75. The second-order valence-corrected chi connectivity index (χ2v) is 9.25. The predicted molar refractivity (Wildman–Crippen MR) is 120 cm³/mol. The van der Waals surface area contributed by atoms with Crippen LogP contribution in [0, 0.1) is 0 Å². The number of anilines is 2. The Hall–Kier alpha value is -2.14. The molecule has 1 atom stereocenters. The lowest BCUT2D eigenvalue weighted by molar-refractivity contribution is -0.140. The molecule has 0 fully saturated rings. The number of fused-ring (bicyclic) bond motifs is 1. The molecule has 1 amide bonds. The van der Waals surface area contributed by atoms with E-state index in [0.717, 1.165) is 23.5 Å². The van der Waals surface area contributed by atoms with Gasteiger partial charge in [0.05, 0.1) is 12.7 Å². The van der Waals surface area contributed by atoms with E-state index in [-0.39, 0.29) is 5.97 Å². The summed E-state index contributed by atoms with van der Waals surface area (Å²) < 4.78 is 22.9. The number of hydrogen-bond donors (Lipinski definition) is 3. The quantitative estimate of drug-likeness (QED) is 0.487. The highest BCUT2D eigenvalue weighted by Crippen LogP contribution is 2.37. The number of carbonyl (C=O) groups excluding carboxylic acids is 2. The summed E-state index contributed by atoms with van der Waals surface area (Å²) in [5.41, 5.74) is 7.55. The molecule has 11 heteroatoms. The van der Waals surface area contributed by atoms with Gasteiger partial charge in [-0.1, -0.05) is 11.6 Å². The number of nitrogens with two attached hydrogens (primary N) is 1. The lowest BCUT2D eigenvalue weighted by atomic mass is 10.0. The van der Waals surface area contributed by atoms with Crippen molar-refractivity contribution in [2.45, 2.75) is 25.8 Å². The Kier molecular flexibility index (Phi) is 7.70. The third kappa shape index (κ3) is 5.72. The SMILES string of the molecule is COC(=O)CCCN1CCc2c(sc(NS(=O)Nc3ccc(Cl)cc3)c2C(N)=O)C1. The van der Waals surface area contributed by atoms with Gasteiger partial charge in [0.15, 0.2) is 0 Å². The first kappa shape index (κ1) is 22.5. The topological polar surface area (TPSA) is 114 Å². The Morgan fingerprint density at radius 3 is 2.70 bits per heavy atom. The molecule has 1 aromatic heterocycles. The van der Waals surface area contributed by atoms with Gasteiger partial charge < -0.3 is 10.5 Å². The van der Waals surface area contributed by atoms with Crippen LogP contribution in [0.25, 0.3) is 0 Å². The Bertz CT molecular complexity index is 949. The fraction of sp³-hybridized carbons (Fsp3) is 0.368. The van der Waals surface area contributed by atoms with E-state index in [1.165, 1.54) is 18.4 Å².